The van der Waals surface area contributed by atoms with Crippen molar-refractivity contribution >= 4 is 34.8 Å². The fraction of sp³-hybridized carbons (Fsp3) is 0.263. The molecule has 0 spiro atoms. The highest BCUT2D eigenvalue weighted by Gasteiger charge is 2.21. The number of benzene rings is 2. The first kappa shape index (κ1) is 17.4. The minimum atomic E-state index is -0.493. The molecule has 0 saturated carbocycles. The Morgan fingerprint density at radius 1 is 1.20 bits per heavy atom. The Hall–Kier alpha value is -2.40. The highest BCUT2D eigenvalue weighted by Crippen LogP contribution is 2.27. The molecule has 0 aromatic heterocycles. The van der Waals surface area contributed by atoms with Gasteiger partial charge in [0.25, 0.3) is 5.91 Å². The van der Waals surface area contributed by atoms with E-state index in [2.05, 4.69) is 5.32 Å². The van der Waals surface area contributed by atoms with Gasteiger partial charge in [-0.3, -0.25) is 9.59 Å². The Morgan fingerprint density at radius 3 is 2.68 bits per heavy atom. The van der Waals surface area contributed by atoms with Crippen molar-refractivity contribution < 1.29 is 14.0 Å². The standard InChI is InChI=1S/C19H18ClFN2O2/c1-12-10-14(6-8-17(12)23-9-3-2-4-18(23)24)22-19(25)15-7-5-13(21)11-16(15)20/h5-8,10-11H,2-4,9H2,1H3,(H,22,25). The van der Waals surface area contributed by atoms with Crippen molar-refractivity contribution in [2.24, 2.45) is 0 Å². The lowest BCUT2D eigenvalue weighted by atomic mass is 10.1. The predicted molar refractivity (Wildman–Crippen MR) is 96.7 cm³/mol. The topological polar surface area (TPSA) is 49.4 Å². The number of carbonyl (C=O) groups excluding carboxylic acids is 2. The molecular weight excluding hydrogens is 343 g/mol. The van der Waals surface area contributed by atoms with E-state index in [1.807, 2.05) is 19.1 Å². The maximum atomic E-state index is 13.1. The van der Waals surface area contributed by atoms with Crippen LogP contribution in [-0.2, 0) is 4.79 Å². The smallest absolute Gasteiger partial charge is 0.257 e. The van der Waals surface area contributed by atoms with Crippen molar-refractivity contribution in [3.8, 4) is 0 Å². The van der Waals surface area contributed by atoms with Crippen molar-refractivity contribution in [3.63, 3.8) is 0 Å². The lowest BCUT2D eigenvalue weighted by molar-refractivity contribution is -0.119. The number of hydrogen-bond donors (Lipinski definition) is 1. The first-order valence-electron chi connectivity index (χ1n) is 8.13. The molecule has 2 aromatic rings. The number of piperidine rings is 1. The Labute approximate surface area is 150 Å². The van der Waals surface area contributed by atoms with Crippen LogP contribution >= 0.6 is 11.6 Å². The Balaban J connectivity index is 1.78. The van der Waals surface area contributed by atoms with Gasteiger partial charge in [0.1, 0.15) is 5.82 Å². The molecule has 1 heterocycles. The molecule has 0 aliphatic carbocycles. The quantitative estimate of drug-likeness (QED) is 0.872. The zero-order valence-electron chi connectivity index (χ0n) is 13.8. The van der Waals surface area contributed by atoms with Gasteiger partial charge in [-0.2, -0.15) is 0 Å². The molecular formula is C19H18ClFN2O2. The van der Waals surface area contributed by atoms with E-state index in [0.29, 0.717) is 12.1 Å². The van der Waals surface area contributed by atoms with Crippen molar-refractivity contribution in [1.29, 1.82) is 0 Å². The second-order valence-electron chi connectivity index (χ2n) is 6.08. The Kier molecular flexibility index (Phi) is 5.04. The normalized spacial score (nSPS) is 14.5. The number of nitrogens with one attached hydrogen (secondary N) is 1. The molecule has 0 radical (unpaired) electrons. The predicted octanol–water partition coefficient (Wildman–Crippen LogP) is 4.56. The molecule has 0 unspecified atom stereocenters. The van der Waals surface area contributed by atoms with Crippen LogP contribution in [0.2, 0.25) is 5.02 Å². The zero-order valence-corrected chi connectivity index (χ0v) is 14.6. The van der Waals surface area contributed by atoms with Gasteiger partial charge in [0, 0.05) is 24.3 Å². The molecule has 2 amide bonds. The molecule has 6 heteroatoms. The van der Waals surface area contributed by atoms with E-state index in [1.165, 1.54) is 12.1 Å². The summed E-state index contributed by atoms with van der Waals surface area (Å²) in [4.78, 5) is 26.2. The summed E-state index contributed by atoms with van der Waals surface area (Å²) in [6.45, 7) is 2.62. The van der Waals surface area contributed by atoms with Gasteiger partial charge in [-0.05, 0) is 61.7 Å². The van der Waals surface area contributed by atoms with E-state index < -0.39 is 11.7 Å². The first-order valence-corrected chi connectivity index (χ1v) is 8.51. The summed E-state index contributed by atoms with van der Waals surface area (Å²) in [5.74, 6) is -0.775. The van der Waals surface area contributed by atoms with E-state index in [9.17, 15) is 14.0 Å². The first-order chi connectivity index (χ1) is 12.0. The van der Waals surface area contributed by atoms with Crippen LogP contribution in [0, 0.1) is 12.7 Å². The van der Waals surface area contributed by atoms with Gasteiger partial charge >= 0.3 is 0 Å². The summed E-state index contributed by atoms with van der Waals surface area (Å²) < 4.78 is 13.1. The Bertz CT molecular complexity index is 838. The van der Waals surface area contributed by atoms with E-state index in [4.69, 9.17) is 11.6 Å². The van der Waals surface area contributed by atoms with Crippen molar-refractivity contribution in [2.45, 2.75) is 26.2 Å². The van der Waals surface area contributed by atoms with Gasteiger partial charge in [-0.15, -0.1) is 0 Å². The number of carbonyl (C=O) groups is 2. The van der Waals surface area contributed by atoms with Crippen LogP contribution in [0.1, 0.15) is 35.2 Å². The molecule has 0 atom stereocenters. The van der Waals surface area contributed by atoms with Crippen molar-refractivity contribution in [3.05, 3.63) is 58.4 Å². The largest absolute Gasteiger partial charge is 0.322 e. The maximum Gasteiger partial charge on any atom is 0.257 e. The van der Waals surface area contributed by atoms with Crippen molar-refractivity contribution in [1.82, 2.24) is 0 Å². The number of hydrogen-bond acceptors (Lipinski definition) is 2. The summed E-state index contributed by atoms with van der Waals surface area (Å²) in [5, 5.41) is 2.81. The van der Waals surface area contributed by atoms with Crippen LogP contribution in [0.4, 0.5) is 15.8 Å². The minimum Gasteiger partial charge on any atom is -0.322 e. The van der Waals surface area contributed by atoms with Gasteiger partial charge in [0.2, 0.25) is 5.91 Å². The maximum absolute atomic E-state index is 13.1. The fourth-order valence-corrected chi connectivity index (χ4v) is 3.22. The third-order valence-corrected chi connectivity index (χ3v) is 4.56. The molecule has 130 valence electrons. The molecule has 1 aliphatic rings. The van der Waals surface area contributed by atoms with Crippen LogP contribution < -0.4 is 10.2 Å². The molecule has 1 aliphatic heterocycles. The molecule has 0 bridgehead atoms. The summed E-state index contributed by atoms with van der Waals surface area (Å²) in [5.41, 5.74) is 2.56. The van der Waals surface area contributed by atoms with Gasteiger partial charge in [-0.25, -0.2) is 4.39 Å². The van der Waals surface area contributed by atoms with E-state index >= 15 is 0 Å². The SMILES string of the molecule is Cc1cc(NC(=O)c2ccc(F)cc2Cl)ccc1N1CCCCC1=O. The summed E-state index contributed by atoms with van der Waals surface area (Å²) in [7, 11) is 0. The summed E-state index contributed by atoms with van der Waals surface area (Å²) in [6.07, 6.45) is 2.49. The van der Waals surface area contributed by atoms with Gasteiger partial charge < -0.3 is 10.2 Å². The monoisotopic (exact) mass is 360 g/mol. The number of amides is 2. The van der Waals surface area contributed by atoms with Gasteiger partial charge in [-0.1, -0.05) is 11.6 Å². The second-order valence-corrected chi connectivity index (χ2v) is 6.49. The third-order valence-electron chi connectivity index (χ3n) is 4.24. The average molecular weight is 361 g/mol. The van der Waals surface area contributed by atoms with E-state index in [1.54, 1.807) is 11.0 Å². The van der Waals surface area contributed by atoms with Crippen LogP contribution in [0.25, 0.3) is 0 Å². The van der Waals surface area contributed by atoms with E-state index in [0.717, 1.165) is 36.7 Å². The van der Waals surface area contributed by atoms with Crippen LogP contribution in [0.5, 0.6) is 0 Å². The number of aryl methyl sites for hydroxylation is 1. The second kappa shape index (κ2) is 7.23. The summed E-state index contributed by atoms with van der Waals surface area (Å²) >= 11 is 5.92. The molecule has 2 aromatic carbocycles. The molecule has 1 fully saturated rings. The highest BCUT2D eigenvalue weighted by atomic mass is 35.5. The van der Waals surface area contributed by atoms with Crippen molar-refractivity contribution in [2.75, 3.05) is 16.8 Å². The zero-order chi connectivity index (χ0) is 18.0. The highest BCUT2D eigenvalue weighted by molar-refractivity contribution is 6.34. The minimum absolute atomic E-state index is 0.0600. The number of anilines is 2. The third kappa shape index (κ3) is 3.82. The lowest BCUT2D eigenvalue weighted by Crippen LogP contribution is -2.35. The molecule has 4 nitrogen and oxygen atoms in total. The van der Waals surface area contributed by atoms with Crippen LogP contribution in [0.3, 0.4) is 0 Å². The van der Waals surface area contributed by atoms with Gasteiger partial charge in [0.15, 0.2) is 0 Å². The van der Waals surface area contributed by atoms with Gasteiger partial charge in [0.05, 0.1) is 10.6 Å². The average Bonchev–Trinajstić information content (AvgIpc) is 2.56. The molecule has 25 heavy (non-hydrogen) atoms. The molecule has 1 N–H and O–H groups in total. The van der Waals surface area contributed by atoms with Crippen LogP contribution in [-0.4, -0.2) is 18.4 Å². The number of rotatable bonds is 3. The Morgan fingerprint density at radius 2 is 2.00 bits per heavy atom. The molecule has 1 saturated heterocycles. The molecule has 3 rings (SSSR count). The lowest BCUT2D eigenvalue weighted by Gasteiger charge is -2.28. The number of halogens is 2. The van der Waals surface area contributed by atoms with Crippen LogP contribution in [0.15, 0.2) is 36.4 Å². The summed E-state index contributed by atoms with van der Waals surface area (Å²) in [6, 6.07) is 9.04. The fourth-order valence-electron chi connectivity index (χ4n) is 2.97. The van der Waals surface area contributed by atoms with E-state index in [-0.39, 0.29) is 16.5 Å². The number of nitrogens with zero attached hydrogens (tertiary/aromatic N) is 1.